The van der Waals surface area contributed by atoms with Gasteiger partial charge < -0.3 is 14.8 Å². The molecule has 4 rings (SSSR count). The van der Waals surface area contributed by atoms with Crippen LogP contribution in [0.15, 0.2) is 42.5 Å². The van der Waals surface area contributed by atoms with Crippen molar-refractivity contribution >= 4 is 23.5 Å². The summed E-state index contributed by atoms with van der Waals surface area (Å²) >= 11 is 1.50. The number of hydrogen-bond acceptors (Lipinski definition) is 5. The van der Waals surface area contributed by atoms with E-state index in [1.165, 1.54) is 23.9 Å². The predicted octanol–water partition coefficient (Wildman–Crippen LogP) is 4.11. The van der Waals surface area contributed by atoms with Gasteiger partial charge in [-0.2, -0.15) is 5.10 Å². The van der Waals surface area contributed by atoms with Crippen LogP contribution in [0.1, 0.15) is 22.1 Å². The summed E-state index contributed by atoms with van der Waals surface area (Å²) in [6.45, 7) is 1.90. The molecule has 0 spiro atoms. The van der Waals surface area contributed by atoms with Crippen molar-refractivity contribution in [1.82, 2.24) is 9.78 Å². The fourth-order valence-corrected chi connectivity index (χ4v) is 4.72. The number of hydrogen-bond donors (Lipinski definition) is 1. The van der Waals surface area contributed by atoms with E-state index in [4.69, 9.17) is 9.47 Å². The van der Waals surface area contributed by atoms with Crippen molar-refractivity contribution in [2.24, 2.45) is 0 Å². The van der Waals surface area contributed by atoms with Crippen molar-refractivity contribution in [2.75, 3.05) is 25.3 Å². The molecule has 1 aliphatic heterocycles. The zero-order valence-electron chi connectivity index (χ0n) is 16.2. The maximum atomic E-state index is 13.4. The molecule has 6 nitrogen and oxygen atoms in total. The van der Waals surface area contributed by atoms with Gasteiger partial charge in [0.05, 0.1) is 36.6 Å². The number of carbonyl (C=O) groups is 1. The summed E-state index contributed by atoms with van der Waals surface area (Å²) in [7, 11) is 3.19. The minimum absolute atomic E-state index is 0.121. The van der Waals surface area contributed by atoms with Gasteiger partial charge >= 0.3 is 0 Å². The SMILES string of the molecule is COc1cccc(C2SCC(=O)Nc3c2c(C)nn3-c2ccc(F)cc2)c1OC. The highest BCUT2D eigenvalue weighted by molar-refractivity contribution is 8.00. The van der Waals surface area contributed by atoms with Crippen molar-refractivity contribution < 1.29 is 18.7 Å². The Morgan fingerprint density at radius 2 is 1.93 bits per heavy atom. The summed E-state index contributed by atoms with van der Waals surface area (Å²) in [6, 6.07) is 11.7. The van der Waals surface area contributed by atoms with E-state index in [1.54, 1.807) is 31.0 Å². The number of amides is 1. The van der Waals surface area contributed by atoms with Crippen molar-refractivity contribution in [3.8, 4) is 17.2 Å². The maximum absolute atomic E-state index is 13.4. The largest absolute Gasteiger partial charge is 0.493 e. The number of carbonyl (C=O) groups excluding carboxylic acids is 1. The molecule has 0 bridgehead atoms. The topological polar surface area (TPSA) is 65.4 Å². The quantitative estimate of drug-likeness (QED) is 0.697. The minimum Gasteiger partial charge on any atom is -0.493 e. The number of para-hydroxylation sites is 1. The van der Waals surface area contributed by atoms with Crippen LogP contribution in [0.4, 0.5) is 10.2 Å². The third-order valence-corrected chi connectivity index (χ3v) is 6.05. The highest BCUT2D eigenvalue weighted by Gasteiger charge is 2.32. The molecule has 3 aromatic rings. The number of fused-ring (bicyclic) bond motifs is 1. The Labute approximate surface area is 172 Å². The number of benzene rings is 2. The zero-order chi connectivity index (χ0) is 20.5. The second-order valence-corrected chi connectivity index (χ2v) is 7.65. The lowest BCUT2D eigenvalue weighted by molar-refractivity contribution is -0.113. The number of nitrogens with one attached hydrogen (secondary N) is 1. The molecule has 1 N–H and O–H groups in total. The van der Waals surface area contributed by atoms with Gasteiger partial charge in [-0.1, -0.05) is 12.1 Å². The van der Waals surface area contributed by atoms with Crippen LogP contribution in [0, 0.1) is 12.7 Å². The second-order valence-electron chi connectivity index (χ2n) is 6.56. The van der Waals surface area contributed by atoms with E-state index in [2.05, 4.69) is 10.4 Å². The van der Waals surface area contributed by atoms with Gasteiger partial charge in [0.2, 0.25) is 5.91 Å². The zero-order valence-corrected chi connectivity index (χ0v) is 17.0. The number of rotatable bonds is 4. The molecule has 8 heteroatoms. The van der Waals surface area contributed by atoms with Crippen LogP contribution < -0.4 is 14.8 Å². The Bertz CT molecular complexity index is 1070. The van der Waals surface area contributed by atoms with Crippen LogP contribution in [-0.2, 0) is 4.79 Å². The van der Waals surface area contributed by atoms with Crippen molar-refractivity contribution in [3.05, 3.63) is 65.1 Å². The van der Waals surface area contributed by atoms with E-state index >= 15 is 0 Å². The maximum Gasteiger partial charge on any atom is 0.235 e. The fraction of sp³-hybridized carbons (Fsp3) is 0.238. The third-order valence-electron chi connectivity index (χ3n) is 4.79. The number of anilines is 1. The summed E-state index contributed by atoms with van der Waals surface area (Å²) in [4.78, 5) is 12.5. The summed E-state index contributed by atoms with van der Waals surface area (Å²) in [5.41, 5.74) is 3.22. The number of aromatic nitrogens is 2. The van der Waals surface area contributed by atoms with E-state index in [0.29, 0.717) is 23.0 Å². The lowest BCUT2D eigenvalue weighted by atomic mass is 10.0. The van der Waals surface area contributed by atoms with Crippen LogP contribution >= 0.6 is 11.8 Å². The molecule has 0 saturated carbocycles. The van der Waals surface area contributed by atoms with Crippen LogP contribution in [0.2, 0.25) is 0 Å². The highest BCUT2D eigenvalue weighted by atomic mass is 32.2. The van der Waals surface area contributed by atoms with E-state index in [-0.39, 0.29) is 22.7 Å². The summed E-state index contributed by atoms with van der Waals surface area (Å²) < 4.78 is 26.1. The van der Waals surface area contributed by atoms with Gasteiger partial charge in [0.25, 0.3) is 0 Å². The predicted molar refractivity (Wildman–Crippen MR) is 111 cm³/mol. The van der Waals surface area contributed by atoms with Crippen LogP contribution in [-0.4, -0.2) is 35.7 Å². The fourth-order valence-electron chi connectivity index (χ4n) is 3.52. The molecule has 1 atom stereocenters. The average molecular weight is 413 g/mol. The first-order chi connectivity index (χ1) is 14.0. The lowest BCUT2D eigenvalue weighted by Gasteiger charge is -2.20. The molecule has 0 saturated heterocycles. The monoisotopic (exact) mass is 413 g/mol. The Kier molecular flexibility index (Phi) is 5.19. The standard InChI is InChI=1S/C21H20FN3O3S/c1-12-18-20(15-5-4-6-16(27-2)19(15)28-3)29-11-17(26)23-21(18)25(24-12)14-9-7-13(22)8-10-14/h4-10,20H,11H2,1-3H3,(H,23,26). The molecule has 0 fully saturated rings. The summed E-state index contributed by atoms with van der Waals surface area (Å²) in [5.74, 6) is 1.66. The van der Waals surface area contributed by atoms with Crippen molar-refractivity contribution in [1.29, 1.82) is 0 Å². The molecular weight excluding hydrogens is 393 g/mol. The van der Waals surface area contributed by atoms with Gasteiger partial charge in [-0.15, -0.1) is 11.8 Å². The average Bonchev–Trinajstić information content (AvgIpc) is 2.93. The highest BCUT2D eigenvalue weighted by Crippen LogP contribution is 2.48. The minimum atomic E-state index is -0.331. The Hall–Kier alpha value is -3.00. The van der Waals surface area contributed by atoms with E-state index in [0.717, 1.165) is 16.8 Å². The number of nitrogens with zero attached hydrogens (tertiary/aromatic N) is 2. The van der Waals surface area contributed by atoms with Crippen LogP contribution in [0.5, 0.6) is 11.5 Å². The van der Waals surface area contributed by atoms with Crippen molar-refractivity contribution in [2.45, 2.75) is 12.2 Å². The first kappa shape index (κ1) is 19.3. The first-order valence-corrected chi connectivity index (χ1v) is 10.1. The molecule has 29 heavy (non-hydrogen) atoms. The van der Waals surface area contributed by atoms with Gasteiger partial charge in [-0.05, 0) is 37.3 Å². The van der Waals surface area contributed by atoms with E-state index < -0.39 is 0 Å². The Balaban J connectivity index is 1.91. The number of halogens is 1. The lowest BCUT2D eigenvalue weighted by Crippen LogP contribution is -2.15. The van der Waals surface area contributed by atoms with E-state index in [9.17, 15) is 9.18 Å². The Morgan fingerprint density at radius 3 is 2.62 bits per heavy atom. The van der Waals surface area contributed by atoms with Crippen LogP contribution in [0.3, 0.4) is 0 Å². The molecule has 0 radical (unpaired) electrons. The molecule has 1 unspecified atom stereocenters. The molecule has 2 heterocycles. The number of methoxy groups -OCH3 is 2. The summed E-state index contributed by atoms with van der Waals surface area (Å²) in [6.07, 6.45) is 0. The van der Waals surface area contributed by atoms with Crippen molar-refractivity contribution in [3.63, 3.8) is 0 Å². The van der Waals surface area contributed by atoms with Gasteiger partial charge in [-0.25, -0.2) is 9.07 Å². The first-order valence-electron chi connectivity index (χ1n) is 9.01. The molecule has 1 aromatic heterocycles. The van der Waals surface area contributed by atoms with E-state index in [1.807, 2.05) is 25.1 Å². The van der Waals surface area contributed by atoms with Crippen LogP contribution in [0.25, 0.3) is 5.69 Å². The normalized spacial score (nSPS) is 16.0. The Morgan fingerprint density at radius 1 is 1.17 bits per heavy atom. The number of thioether (sulfide) groups is 1. The molecule has 1 aliphatic rings. The third kappa shape index (κ3) is 3.44. The molecule has 2 aromatic carbocycles. The van der Waals surface area contributed by atoms with Gasteiger partial charge in [0.1, 0.15) is 11.6 Å². The number of aryl methyl sites for hydroxylation is 1. The molecule has 150 valence electrons. The van der Waals surface area contributed by atoms with Gasteiger partial charge in [-0.3, -0.25) is 4.79 Å². The molecule has 1 amide bonds. The molecular formula is C21H20FN3O3S. The number of ether oxygens (including phenoxy) is 2. The second kappa shape index (κ2) is 7.79. The smallest absolute Gasteiger partial charge is 0.235 e. The molecule has 0 aliphatic carbocycles. The summed E-state index contributed by atoms with van der Waals surface area (Å²) in [5, 5.41) is 7.41. The van der Waals surface area contributed by atoms with Gasteiger partial charge in [0, 0.05) is 11.1 Å². The van der Waals surface area contributed by atoms with Gasteiger partial charge in [0.15, 0.2) is 11.5 Å².